The molecule has 2 heterocycles. The number of sulfone groups is 2. The highest BCUT2D eigenvalue weighted by Gasteiger charge is 2.24. The number of benzene rings is 1. The second kappa shape index (κ2) is 5.59. The highest BCUT2D eigenvalue weighted by atomic mass is 32.2. The largest absolute Gasteiger partial charge is 0.370 e. The molecule has 0 atom stereocenters. The minimum Gasteiger partial charge on any atom is -0.370 e. The van der Waals surface area contributed by atoms with Gasteiger partial charge in [0.1, 0.15) is 5.84 Å². The van der Waals surface area contributed by atoms with Crippen molar-refractivity contribution in [3.63, 3.8) is 0 Å². The van der Waals surface area contributed by atoms with Crippen LogP contribution in [0.5, 0.6) is 0 Å². The molecule has 24 heavy (non-hydrogen) atoms. The number of aromatic nitrogens is 1. The molecule has 7 nitrogen and oxygen atoms in total. The van der Waals surface area contributed by atoms with Gasteiger partial charge in [-0.1, -0.05) is 0 Å². The van der Waals surface area contributed by atoms with E-state index in [1.54, 1.807) is 13.0 Å². The molecule has 0 fully saturated rings. The second-order valence-corrected chi connectivity index (χ2v) is 9.95. The summed E-state index contributed by atoms with van der Waals surface area (Å²) in [4.78, 5) is 4.62. The van der Waals surface area contributed by atoms with Crippen molar-refractivity contribution in [1.29, 1.82) is 0 Å². The van der Waals surface area contributed by atoms with Crippen LogP contribution in [0.1, 0.15) is 5.69 Å². The summed E-state index contributed by atoms with van der Waals surface area (Å²) in [6.45, 7) is 3.62. The summed E-state index contributed by atoms with van der Waals surface area (Å²) < 4.78 is 50.0. The maximum absolute atomic E-state index is 12.3. The van der Waals surface area contributed by atoms with Crippen LogP contribution in [0.25, 0.3) is 10.9 Å². The fourth-order valence-corrected chi connectivity index (χ4v) is 4.89. The number of fused-ring (bicyclic) bond motifs is 1. The lowest BCUT2D eigenvalue weighted by Gasteiger charge is -2.09. The minimum absolute atomic E-state index is 0.105. The quantitative estimate of drug-likeness (QED) is 0.858. The third-order valence-electron chi connectivity index (χ3n) is 4.09. The van der Waals surface area contributed by atoms with Crippen LogP contribution in [0.15, 0.2) is 33.0 Å². The summed E-state index contributed by atoms with van der Waals surface area (Å²) in [7, 11) is -6.93. The van der Waals surface area contributed by atoms with E-state index in [4.69, 9.17) is 0 Å². The number of hydrogen-bond donors (Lipinski definition) is 1. The Bertz CT molecular complexity index is 1060. The highest BCUT2D eigenvalue weighted by molar-refractivity contribution is 7.91. The van der Waals surface area contributed by atoms with Crippen molar-refractivity contribution < 1.29 is 16.8 Å². The van der Waals surface area contributed by atoms with E-state index < -0.39 is 19.7 Å². The average Bonchev–Trinajstić information content (AvgIpc) is 3.04. The lowest BCUT2D eigenvalue weighted by Crippen LogP contribution is -2.24. The second-order valence-electron chi connectivity index (χ2n) is 5.98. The summed E-state index contributed by atoms with van der Waals surface area (Å²) >= 11 is 0. The fourth-order valence-electron chi connectivity index (χ4n) is 3.04. The Balaban J connectivity index is 2.31. The number of nitrogens with one attached hydrogen (secondary N) is 1. The monoisotopic (exact) mass is 369 g/mol. The standard InChI is InChI=1S/C15H19N3O4S2/c1-10-15(24(3,21)22)12-8-11(23(2,19)20)4-5-13(12)18(10)9-14-16-6-7-17-14/h4-5,8H,6-7,9H2,1-3H3,(H,16,17). The third kappa shape index (κ3) is 2.93. The Morgan fingerprint density at radius 3 is 2.42 bits per heavy atom. The molecule has 0 aliphatic carbocycles. The van der Waals surface area contributed by atoms with Crippen LogP contribution in [-0.4, -0.2) is 52.8 Å². The molecule has 2 aromatic rings. The van der Waals surface area contributed by atoms with Gasteiger partial charge in [0.2, 0.25) is 0 Å². The molecule has 9 heteroatoms. The number of rotatable bonds is 4. The molecule has 1 aromatic heterocycles. The van der Waals surface area contributed by atoms with Crippen molar-refractivity contribution in [2.45, 2.75) is 23.3 Å². The van der Waals surface area contributed by atoms with Gasteiger partial charge in [-0.25, -0.2) is 16.8 Å². The van der Waals surface area contributed by atoms with Gasteiger partial charge in [0, 0.05) is 30.1 Å². The Kier molecular flexibility index (Phi) is 3.95. The summed E-state index contributed by atoms with van der Waals surface area (Å²) in [6, 6.07) is 4.60. The van der Waals surface area contributed by atoms with Crippen LogP contribution in [0.2, 0.25) is 0 Å². The first-order valence-electron chi connectivity index (χ1n) is 7.39. The molecule has 0 bridgehead atoms. The fraction of sp³-hybridized carbons (Fsp3) is 0.400. The number of amidine groups is 1. The van der Waals surface area contributed by atoms with Gasteiger partial charge in [-0.2, -0.15) is 0 Å². The number of aliphatic imine (C=N–C) groups is 1. The van der Waals surface area contributed by atoms with Gasteiger partial charge in [0.15, 0.2) is 19.7 Å². The zero-order valence-corrected chi connectivity index (χ0v) is 15.3. The van der Waals surface area contributed by atoms with Gasteiger partial charge >= 0.3 is 0 Å². The first kappa shape index (κ1) is 17.0. The molecule has 0 saturated heterocycles. The van der Waals surface area contributed by atoms with Crippen LogP contribution in [0, 0.1) is 6.92 Å². The first-order valence-corrected chi connectivity index (χ1v) is 11.2. The van der Waals surface area contributed by atoms with Crippen LogP contribution in [0.3, 0.4) is 0 Å². The van der Waals surface area contributed by atoms with Gasteiger partial charge < -0.3 is 9.88 Å². The normalized spacial score (nSPS) is 15.5. The molecule has 1 aliphatic rings. The lowest BCUT2D eigenvalue weighted by molar-refractivity contribution is 0.599. The minimum atomic E-state index is -3.51. The zero-order valence-electron chi connectivity index (χ0n) is 13.7. The molecular formula is C15H19N3O4S2. The van der Waals surface area contributed by atoms with Gasteiger partial charge in [0.25, 0.3) is 0 Å². The van der Waals surface area contributed by atoms with Crippen LogP contribution < -0.4 is 5.32 Å². The summed E-state index contributed by atoms with van der Waals surface area (Å²) in [6.07, 6.45) is 2.24. The van der Waals surface area contributed by atoms with E-state index in [0.717, 1.165) is 24.9 Å². The van der Waals surface area contributed by atoms with Crippen molar-refractivity contribution in [2.75, 3.05) is 25.6 Å². The Morgan fingerprint density at radius 1 is 1.17 bits per heavy atom. The predicted octanol–water partition coefficient (Wildman–Crippen LogP) is 0.758. The van der Waals surface area contributed by atoms with Crippen molar-refractivity contribution in [1.82, 2.24) is 9.88 Å². The molecule has 0 radical (unpaired) electrons. The van der Waals surface area contributed by atoms with Gasteiger partial charge in [-0.05, 0) is 25.1 Å². The molecule has 1 aromatic carbocycles. The maximum Gasteiger partial charge on any atom is 0.177 e. The van der Waals surface area contributed by atoms with Gasteiger partial charge in [-0.15, -0.1) is 0 Å². The lowest BCUT2D eigenvalue weighted by atomic mass is 10.2. The first-order chi connectivity index (χ1) is 11.1. The van der Waals surface area contributed by atoms with E-state index >= 15 is 0 Å². The topological polar surface area (TPSA) is 97.6 Å². The van der Waals surface area contributed by atoms with E-state index in [-0.39, 0.29) is 9.79 Å². The third-order valence-corrected chi connectivity index (χ3v) is 6.45. The summed E-state index contributed by atoms with van der Waals surface area (Å²) in [5.74, 6) is 0.794. The molecule has 0 amide bonds. The van der Waals surface area contributed by atoms with E-state index in [0.29, 0.717) is 29.7 Å². The molecular weight excluding hydrogens is 350 g/mol. The van der Waals surface area contributed by atoms with Crippen LogP contribution in [-0.2, 0) is 26.2 Å². The van der Waals surface area contributed by atoms with E-state index in [1.165, 1.54) is 12.1 Å². The molecule has 0 saturated carbocycles. The summed E-state index contributed by atoms with van der Waals surface area (Å²) in [5, 5.41) is 3.59. The molecule has 3 rings (SSSR count). The molecule has 130 valence electrons. The van der Waals surface area contributed by atoms with Crippen LogP contribution >= 0.6 is 0 Å². The molecule has 0 unspecified atom stereocenters. The van der Waals surface area contributed by atoms with Crippen molar-refractivity contribution in [3.05, 3.63) is 23.9 Å². The Hall–Kier alpha value is -1.87. The predicted molar refractivity (Wildman–Crippen MR) is 93.2 cm³/mol. The van der Waals surface area contributed by atoms with Crippen molar-refractivity contribution in [2.24, 2.45) is 4.99 Å². The van der Waals surface area contributed by atoms with Crippen LogP contribution in [0.4, 0.5) is 0 Å². The molecule has 1 N–H and O–H groups in total. The Morgan fingerprint density at radius 2 is 1.88 bits per heavy atom. The number of hydrogen-bond acceptors (Lipinski definition) is 6. The van der Waals surface area contributed by atoms with E-state index in [2.05, 4.69) is 10.3 Å². The molecule has 0 spiro atoms. The highest BCUT2D eigenvalue weighted by Crippen LogP contribution is 2.31. The van der Waals surface area contributed by atoms with Gasteiger partial charge in [0.05, 0.1) is 28.4 Å². The zero-order chi connectivity index (χ0) is 17.7. The Labute approximate surface area is 141 Å². The average molecular weight is 369 g/mol. The van der Waals surface area contributed by atoms with E-state index in [1.807, 2.05) is 4.57 Å². The SMILES string of the molecule is Cc1c(S(C)(=O)=O)c2cc(S(C)(=O)=O)ccc2n1CC1=NCCN1. The smallest absolute Gasteiger partial charge is 0.177 e. The van der Waals surface area contributed by atoms with Crippen molar-refractivity contribution in [3.8, 4) is 0 Å². The maximum atomic E-state index is 12.3. The van der Waals surface area contributed by atoms with Crippen molar-refractivity contribution >= 4 is 36.4 Å². The summed E-state index contributed by atoms with van der Waals surface area (Å²) in [5.41, 5.74) is 1.26. The van der Waals surface area contributed by atoms with Gasteiger partial charge in [-0.3, -0.25) is 4.99 Å². The molecule has 1 aliphatic heterocycles. The van der Waals surface area contributed by atoms with E-state index in [9.17, 15) is 16.8 Å². The number of nitrogens with zero attached hydrogens (tertiary/aromatic N) is 2.